The quantitative estimate of drug-likeness (QED) is 0.858. The number of carbonyl (C=O) groups excluding carboxylic acids is 2. The van der Waals surface area contributed by atoms with Gasteiger partial charge >= 0.3 is 0 Å². The predicted molar refractivity (Wildman–Crippen MR) is 101 cm³/mol. The van der Waals surface area contributed by atoms with E-state index in [1.807, 2.05) is 35.2 Å². The summed E-state index contributed by atoms with van der Waals surface area (Å²) in [7, 11) is 0. The van der Waals surface area contributed by atoms with Crippen molar-refractivity contribution in [3.05, 3.63) is 30.3 Å². The first-order valence-electron chi connectivity index (χ1n) is 9.83. The van der Waals surface area contributed by atoms with Gasteiger partial charge in [-0.05, 0) is 37.8 Å². The minimum absolute atomic E-state index is 0.0219. The zero-order valence-corrected chi connectivity index (χ0v) is 15.3. The van der Waals surface area contributed by atoms with Gasteiger partial charge in [0.2, 0.25) is 11.8 Å². The fraction of sp³-hybridized carbons (Fsp3) is 0.600. The number of nitrogens with one attached hydrogen (secondary N) is 1. The van der Waals surface area contributed by atoms with Crippen LogP contribution in [0.5, 0.6) is 0 Å². The van der Waals surface area contributed by atoms with E-state index in [-0.39, 0.29) is 17.9 Å². The molecule has 26 heavy (non-hydrogen) atoms. The molecule has 3 aliphatic rings. The molecule has 2 amide bonds. The first kappa shape index (κ1) is 17.5. The van der Waals surface area contributed by atoms with Gasteiger partial charge in [0.05, 0.1) is 12.6 Å². The van der Waals surface area contributed by atoms with E-state index in [4.69, 9.17) is 0 Å². The Bertz CT molecular complexity index is 638. The summed E-state index contributed by atoms with van der Waals surface area (Å²) < 4.78 is 0. The third kappa shape index (κ3) is 4.07. The molecule has 1 unspecified atom stereocenters. The number of piperazine rings is 1. The lowest BCUT2D eigenvalue weighted by molar-refractivity contribution is -0.127. The molecule has 1 atom stereocenters. The summed E-state index contributed by atoms with van der Waals surface area (Å²) in [6.45, 7) is 4.71. The van der Waals surface area contributed by atoms with Crippen molar-refractivity contribution >= 4 is 17.5 Å². The van der Waals surface area contributed by atoms with Crippen molar-refractivity contribution in [2.45, 2.75) is 37.8 Å². The maximum atomic E-state index is 13.0. The van der Waals surface area contributed by atoms with Gasteiger partial charge < -0.3 is 10.2 Å². The Hall–Kier alpha value is -1.92. The SMILES string of the molecule is O=C(CN1CCN(C2CCCN(c3ccccc3)C2=O)CC1)NC1CC1. The second-order valence-electron chi connectivity index (χ2n) is 7.64. The number of benzene rings is 1. The Morgan fingerprint density at radius 2 is 1.73 bits per heavy atom. The van der Waals surface area contributed by atoms with Crippen LogP contribution >= 0.6 is 0 Å². The van der Waals surface area contributed by atoms with Crippen molar-refractivity contribution in [2.75, 3.05) is 44.2 Å². The molecule has 4 rings (SSSR count). The highest BCUT2D eigenvalue weighted by atomic mass is 16.2. The first-order valence-corrected chi connectivity index (χ1v) is 9.83. The Morgan fingerprint density at radius 1 is 1.00 bits per heavy atom. The molecule has 2 aliphatic heterocycles. The van der Waals surface area contributed by atoms with Gasteiger partial charge in [-0.2, -0.15) is 0 Å². The highest BCUT2D eigenvalue weighted by molar-refractivity contribution is 5.97. The molecule has 3 fully saturated rings. The van der Waals surface area contributed by atoms with Gasteiger partial charge in [0.25, 0.3) is 0 Å². The molecule has 0 radical (unpaired) electrons. The van der Waals surface area contributed by atoms with Crippen molar-refractivity contribution in [1.29, 1.82) is 0 Å². The van der Waals surface area contributed by atoms with Crippen molar-refractivity contribution in [1.82, 2.24) is 15.1 Å². The Morgan fingerprint density at radius 3 is 2.42 bits per heavy atom. The molecular formula is C20H28N4O2. The second kappa shape index (κ2) is 7.76. The van der Waals surface area contributed by atoms with Crippen LogP contribution in [0.25, 0.3) is 0 Å². The Labute approximate surface area is 155 Å². The zero-order chi connectivity index (χ0) is 17.9. The number of para-hydroxylation sites is 1. The van der Waals surface area contributed by atoms with E-state index in [1.165, 1.54) is 0 Å². The van der Waals surface area contributed by atoms with E-state index in [2.05, 4.69) is 15.1 Å². The van der Waals surface area contributed by atoms with Gasteiger partial charge in [-0.1, -0.05) is 18.2 Å². The molecule has 1 aromatic carbocycles. The average molecular weight is 356 g/mol. The lowest BCUT2D eigenvalue weighted by Crippen LogP contribution is -2.58. The largest absolute Gasteiger partial charge is 0.352 e. The number of piperidine rings is 1. The second-order valence-corrected chi connectivity index (χ2v) is 7.64. The van der Waals surface area contributed by atoms with Crippen LogP contribution in [0.4, 0.5) is 5.69 Å². The summed E-state index contributed by atoms with van der Waals surface area (Å²) >= 11 is 0. The molecule has 1 saturated carbocycles. The van der Waals surface area contributed by atoms with Crippen LogP contribution in [-0.4, -0.2) is 73.0 Å². The molecule has 1 aliphatic carbocycles. The van der Waals surface area contributed by atoms with Gasteiger partial charge in [0, 0.05) is 44.5 Å². The van der Waals surface area contributed by atoms with E-state index in [0.29, 0.717) is 12.6 Å². The van der Waals surface area contributed by atoms with Crippen LogP contribution in [0.2, 0.25) is 0 Å². The predicted octanol–water partition coefficient (Wildman–Crippen LogP) is 1.08. The van der Waals surface area contributed by atoms with E-state index >= 15 is 0 Å². The average Bonchev–Trinajstić information content (AvgIpc) is 3.47. The fourth-order valence-corrected chi connectivity index (χ4v) is 4.00. The normalized spacial score (nSPS) is 25.3. The number of carbonyl (C=O) groups is 2. The molecular weight excluding hydrogens is 328 g/mol. The Balaban J connectivity index is 1.30. The van der Waals surface area contributed by atoms with E-state index in [1.54, 1.807) is 0 Å². The molecule has 6 heteroatoms. The van der Waals surface area contributed by atoms with Crippen molar-refractivity contribution in [3.8, 4) is 0 Å². The molecule has 2 heterocycles. The monoisotopic (exact) mass is 356 g/mol. The fourth-order valence-electron chi connectivity index (χ4n) is 4.00. The third-order valence-corrected chi connectivity index (χ3v) is 5.64. The zero-order valence-electron chi connectivity index (χ0n) is 15.3. The topological polar surface area (TPSA) is 55.9 Å². The van der Waals surface area contributed by atoms with Crippen LogP contribution in [0, 0.1) is 0 Å². The van der Waals surface area contributed by atoms with Crippen LogP contribution in [0.3, 0.4) is 0 Å². The van der Waals surface area contributed by atoms with E-state index in [9.17, 15) is 9.59 Å². The smallest absolute Gasteiger partial charge is 0.244 e. The highest BCUT2D eigenvalue weighted by Gasteiger charge is 2.35. The Kier molecular flexibility index (Phi) is 5.22. The van der Waals surface area contributed by atoms with Crippen LogP contribution < -0.4 is 10.2 Å². The summed E-state index contributed by atoms with van der Waals surface area (Å²) in [5.41, 5.74) is 0.998. The number of rotatable bonds is 5. The number of anilines is 1. The van der Waals surface area contributed by atoms with Gasteiger partial charge in [0.15, 0.2) is 0 Å². The van der Waals surface area contributed by atoms with Gasteiger partial charge in [-0.25, -0.2) is 0 Å². The van der Waals surface area contributed by atoms with Crippen LogP contribution in [0.15, 0.2) is 30.3 Å². The van der Waals surface area contributed by atoms with Gasteiger partial charge in [-0.15, -0.1) is 0 Å². The van der Waals surface area contributed by atoms with Gasteiger partial charge in [0.1, 0.15) is 0 Å². The van der Waals surface area contributed by atoms with Crippen LogP contribution in [-0.2, 0) is 9.59 Å². The highest BCUT2D eigenvalue weighted by Crippen LogP contribution is 2.24. The minimum Gasteiger partial charge on any atom is -0.352 e. The number of nitrogens with zero attached hydrogens (tertiary/aromatic N) is 3. The van der Waals surface area contributed by atoms with E-state index in [0.717, 1.165) is 64.1 Å². The molecule has 140 valence electrons. The summed E-state index contributed by atoms with van der Waals surface area (Å²) in [5.74, 6) is 0.368. The van der Waals surface area contributed by atoms with Crippen molar-refractivity contribution < 1.29 is 9.59 Å². The summed E-state index contributed by atoms with van der Waals surface area (Å²) in [5, 5.41) is 3.05. The van der Waals surface area contributed by atoms with E-state index < -0.39 is 0 Å². The molecule has 2 saturated heterocycles. The molecule has 0 spiro atoms. The van der Waals surface area contributed by atoms with Crippen LogP contribution in [0.1, 0.15) is 25.7 Å². The first-order chi connectivity index (χ1) is 12.7. The van der Waals surface area contributed by atoms with Crippen molar-refractivity contribution in [2.24, 2.45) is 0 Å². The van der Waals surface area contributed by atoms with Gasteiger partial charge in [-0.3, -0.25) is 19.4 Å². The lowest BCUT2D eigenvalue weighted by atomic mass is 10.0. The lowest BCUT2D eigenvalue weighted by Gasteiger charge is -2.42. The molecule has 6 nitrogen and oxygen atoms in total. The molecule has 0 aromatic heterocycles. The minimum atomic E-state index is -0.0219. The number of amides is 2. The molecule has 0 bridgehead atoms. The maximum Gasteiger partial charge on any atom is 0.244 e. The number of hydrogen-bond donors (Lipinski definition) is 1. The summed E-state index contributed by atoms with van der Waals surface area (Å²) in [4.78, 5) is 31.4. The summed E-state index contributed by atoms with van der Waals surface area (Å²) in [6.07, 6.45) is 4.22. The standard InChI is InChI=1S/C20H28N4O2/c25-19(21-16-8-9-16)15-22-11-13-23(14-12-22)18-7-4-10-24(20(18)26)17-5-2-1-3-6-17/h1-3,5-6,16,18H,4,7-15H2,(H,21,25). The summed E-state index contributed by atoms with van der Waals surface area (Å²) in [6, 6.07) is 10.4. The maximum absolute atomic E-state index is 13.0. The third-order valence-electron chi connectivity index (χ3n) is 5.64. The molecule has 1 aromatic rings. The van der Waals surface area contributed by atoms with Crippen molar-refractivity contribution in [3.63, 3.8) is 0 Å². The molecule has 1 N–H and O–H groups in total. The number of hydrogen-bond acceptors (Lipinski definition) is 4.